The molecule has 0 aromatic carbocycles. The lowest BCUT2D eigenvalue weighted by Crippen LogP contribution is -2.09. The van der Waals surface area contributed by atoms with Crippen molar-refractivity contribution >= 4 is 23.4 Å². The summed E-state index contributed by atoms with van der Waals surface area (Å²) in [7, 11) is 0. The molecule has 1 aromatic rings. The Balaban J connectivity index is 2.78. The van der Waals surface area contributed by atoms with Crippen LogP contribution in [0.25, 0.3) is 0 Å². The van der Waals surface area contributed by atoms with Crippen LogP contribution in [0.3, 0.4) is 0 Å². The lowest BCUT2D eigenvalue weighted by molar-refractivity contribution is -0.136. The van der Waals surface area contributed by atoms with Crippen LogP contribution in [0.15, 0.2) is 6.07 Å². The quantitative estimate of drug-likeness (QED) is 0.837. The lowest BCUT2D eigenvalue weighted by Gasteiger charge is -2.07. The van der Waals surface area contributed by atoms with Gasteiger partial charge >= 0.3 is 5.97 Å². The van der Waals surface area contributed by atoms with Crippen molar-refractivity contribution < 1.29 is 9.90 Å². The summed E-state index contributed by atoms with van der Waals surface area (Å²) in [5.74, 6) is -0.492. The third-order valence-corrected chi connectivity index (χ3v) is 2.21. The second-order valence-electron chi connectivity index (χ2n) is 3.13. The number of carboxylic acids is 1. The normalized spacial score (nSPS) is 9.56. The molecule has 0 amide bonds. The predicted octanol–water partition coefficient (Wildman–Crippen LogP) is 1.80. The van der Waals surface area contributed by atoms with Crippen molar-refractivity contribution in [3.8, 4) is 6.07 Å². The summed E-state index contributed by atoms with van der Waals surface area (Å²) >= 11 is 5.87. The summed E-state index contributed by atoms with van der Waals surface area (Å²) in [6.07, 6.45) is -0.0168. The Kier molecular flexibility index (Phi) is 4.09. The molecule has 0 aliphatic rings. The maximum Gasteiger partial charge on any atom is 0.305 e. The van der Waals surface area contributed by atoms with Crippen LogP contribution in [0.5, 0.6) is 0 Å². The minimum atomic E-state index is -0.894. The van der Waals surface area contributed by atoms with Gasteiger partial charge < -0.3 is 10.4 Å². The number of carbonyl (C=O) groups is 1. The first kappa shape index (κ1) is 12.3. The molecule has 1 aromatic heterocycles. The van der Waals surface area contributed by atoms with Crippen LogP contribution in [0, 0.1) is 18.3 Å². The van der Waals surface area contributed by atoms with Crippen LogP contribution in [-0.2, 0) is 4.79 Å². The molecule has 0 saturated heterocycles. The Bertz CT molecular complexity index is 454. The lowest BCUT2D eigenvalue weighted by atomic mass is 10.2. The van der Waals surface area contributed by atoms with Crippen molar-refractivity contribution in [1.29, 1.82) is 5.26 Å². The number of hydrogen-bond acceptors (Lipinski definition) is 4. The van der Waals surface area contributed by atoms with E-state index >= 15 is 0 Å². The summed E-state index contributed by atoms with van der Waals surface area (Å²) in [6, 6.07) is 3.48. The van der Waals surface area contributed by atoms with Gasteiger partial charge in [-0.25, -0.2) is 4.98 Å². The second kappa shape index (κ2) is 5.33. The predicted molar refractivity (Wildman–Crippen MR) is 59.4 cm³/mol. The Hall–Kier alpha value is -1.80. The van der Waals surface area contributed by atoms with E-state index in [9.17, 15) is 4.79 Å². The molecular weight excluding hydrogens is 230 g/mol. The smallest absolute Gasteiger partial charge is 0.305 e. The molecule has 84 valence electrons. The van der Waals surface area contributed by atoms with Crippen molar-refractivity contribution in [3.63, 3.8) is 0 Å². The standard InChI is InChI=1S/C10H10ClN3O2/c1-6-7(5-12)4-8(11)10(14-6)13-3-2-9(15)16/h4H,2-3H2,1H3,(H,13,14)(H,15,16). The highest BCUT2D eigenvalue weighted by atomic mass is 35.5. The number of carboxylic acid groups (broad SMARTS) is 1. The summed E-state index contributed by atoms with van der Waals surface area (Å²) in [6.45, 7) is 1.94. The van der Waals surface area contributed by atoms with Gasteiger partial charge in [0, 0.05) is 6.54 Å². The van der Waals surface area contributed by atoms with Crippen LogP contribution in [0.1, 0.15) is 17.7 Å². The fourth-order valence-electron chi connectivity index (χ4n) is 1.11. The number of aliphatic carboxylic acids is 1. The molecule has 6 heteroatoms. The zero-order chi connectivity index (χ0) is 12.1. The van der Waals surface area contributed by atoms with Gasteiger partial charge in [-0.1, -0.05) is 11.6 Å². The highest BCUT2D eigenvalue weighted by Gasteiger charge is 2.07. The average molecular weight is 240 g/mol. The average Bonchev–Trinajstić information content (AvgIpc) is 2.22. The Morgan fingerprint density at radius 3 is 3.00 bits per heavy atom. The van der Waals surface area contributed by atoms with E-state index in [2.05, 4.69) is 10.3 Å². The molecule has 0 spiro atoms. The van der Waals surface area contributed by atoms with Gasteiger partial charge in [0.15, 0.2) is 0 Å². The number of pyridine rings is 1. The number of nitrogens with zero attached hydrogens (tertiary/aromatic N) is 2. The van der Waals surface area contributed by atoms with Gasteiger partial charge in [-0.2, -0.15) is 5.26 Å². The van der Waals surface area contributed by atoms with E-state index in [4.69, 9.17) is 22.0 Å². The molecule has 5 nitrogen and oxygen atoms in total. The van der Waals surface area contributed by atoms with E-state index in [1.54, 1.807) is 6.92 Å². The fraction of sp³-hybridized carbons (Fsp3) is 0.300. The number of rotatable bonds is 4. The Morgan fingerprint density at radius 1 is 1.75 bits per heavy atom. The van der Waals surface area contributed by atoms with Crippen LogP contribution >= 0.6 is 11.6 Å². The summed E-state index contributed by atoms with van der Waals surface area (Å²) in [5, 5.41) is 20.3. The maximum absolute atomic E-state index is 10.3. The molecule has 0 saturated carbocycles. The van der Waals surface area contributed by atoms with Crippen LogP contribution < -0.4 is 5.32 Å². The Morgan fingerprint density at radius 2 is 2.44 bits per heavy atom. The topological polar surface area (TPSA) is 86.0 Å². The van der Waals surface area contributed by atoms with E-state index < -0.39 is 5.97 Å². The number of halogens is 1. The molecular formula is C10H10ClN3O2. The van der Waals surface area contributed by atoms with Gasteiger partial charge in [-0.3, -0.25) is 4.79 Å². The van der Waals surface area contributed by atoms with Crippen LogP contribution in [0.2, 0.25) is 5.02 Å². The molecule has 1 rings (SSSR count). The highest BCUT2D eigenvalue weighted by Crippen LogP contribution is 2.21. The number of anilines is 1. The van der Waals surface area contributed by atoms with Crippen molar-refractivity contribution in [1.82, 2.24) is 4.98 Å². The minimum absolute atomic E-state index is 0.0168. The van der Waals surface area contributed by atoms with E-state index in [1.807, 2.05) is 6.07 Å². The zero-order valence-electron chi connectivity index (χ0n) is 8.62. The first-order valence-corrected chi connectivity index (χ1v) is 4.95. The molecule has 2 N–H and O–H groups in total. The minimum Gasteiger partial charge on any atom is -0.481 e. The SMILES string of the molecule is Cc1nc(NCCC(=O)O)c(Cl)cc1C#N. The summed E-state index contributed by atoms with van der Waals surface area (Å²) in [4.78, 5) is 14.4. The number of aromatic nitrogens is 1. The number of nitriles is 1. The molecule has 0 radical (unpaired) electrons. The van der Waals surface area contributed by atoms with Gasteiger partial charge in [0.1, 0.15) is 11.9 Å². The largest absolute Gasteiger partial charge is 0.481 e. The van der Waals surface area contributed by atoms with Crippen molar-refractivity contribution in [2.45, 2.75) is 13.3 Å². The van der Waals surface area contributed by atoms with E-state index in [-0.39, 0.29) is 13.0 Å². The number of aryl methyl sites for hydroxylation is 1. The molecule has 16 heavy (non-hydrogen) atoms. The third-order valence-electron chi connectivity index (χ3n) is 1.92. The van der Waals surface area contributed by atoms with Crippen molar-refractivity contribution in [3.05, 3.63) is 22.3 Å². The summed E-state index contributed by atoms with van der Waals surface area (Å²) in [5.41, 5.74) is 0.971. The third kappa shape index (κ3) is 3.11. The van der Waals surface area contributed by atoms with E-state index in [1.165, 1.54) is 6.07 Å². The van der Waals surface area contributed by atoms with Gasteiger partial charge in [-0.05, 0) is 13.0 Å². The molecule has 0 unspecified atom stereocenters. The number of nitrogens with one attached hydrogen (secondary N) is 1. The van der Waals surface area contributed by atoms with Crippen molar-refractivity contribution in [2.24, 2.45) is 0 Å². The van der Waals surface area contributed by atoms with E-state index in [0.717, 1.165) is 0 Å². The molecule has 0 bridgehead atoms. The molecule has 1 heterocycles. The Labute approximate surface area is 97.7 Å². The first-order chi connectivity index (χ1) is 7.54. The maximum atomic E-state index is 10.3. The van der Waals surface area contributed by atoms with E-state index in [0.29, 0.717) is 22.1 Å². The van der Waals surface area contributed by atoms with Gasteiger partial charge in [-0.15, -0.1) is 0 Å². The second-order valence-corrected chi connectivity index (χ2v) is 3.54. The zero-order valence-corrected chi connectivity index (χ0v) is 9.38. The molecule has 0 fully saturated rings. The fourth-order valence-corrected chi connectivity index (χ4v) is 1.32. The number of hydrogen-bond donors (Lipinski definition) is 2. The van der Waals surface area contributed by atoms with Gasteiger partial charge in [0.2, 0.25) is 0 Å². The molecule has 0 aliphatic carbocycles. The van der Waals surface area contributed by atoms with Gasteiger partial charge in [0.25, 0.3) is 0 Å². The highest BCUT2D eigenvalue weighted by molar-refractivity contribution is 6.33. The van der Waals surface area contributed by atoms with Crippen molar-refractivity contribution in [2.75, 3.05) is 11.9 Å². The molecule has 0 atom stereocenters. The monoisotopic (exact) mass is 239 g/mol. The summed E-state index contributed by atoms with van der Waals surface area (Å²) < 4.78 is 0. The molecule has 0 aliphatic heterocycles. The first-order valence-electron chi connectivity index (χ1n) is 4.57. The van der Waals surface area contributed by atoms with Crippen LogP contribution in [-0.4, -0.2) is 22.6 Å². The van der Waals surface area contributed by atoms with Crippen LogP contribution in [0.4, 0.5) is 5.82 Å². The van der Waals surface area contributed by atoms with Gasteiger partial charge in [0.05, 0.1) is 22.7 Å².